The van der Waals surface area contributed by atoms with Crippen molar-refractivity contribution < 1.29 is 13.2 Å². The molecule has 1 aromatic carbocycles. The van der Waals surface area contributed by atoms with Gasteiger partial charge in [0.15, 0.2) is 0 Å². The van der Waals surface area contributed by atoms with Crippen molar-refractivity contribution in [3.63, 3.8) is 0 Å². The fourth-order valence-corrected chi connectivity index (χ4v) is 3.88. The van der Waals surface area contributed by atoms with Crippen LogP contribution in [-0.2, 0) is 23.0 Å². The topological polar surface area (TPSA) is 84.3 Å². The lowest BCUT2D eigenvalue weighted by molar-refractivity contribution is 0.0936. The van der Waals surface area contributed by atoms with Crippen molar-refractivity contribution in [2.24, 2.45) is 0 Å². The van der Waals surface area contributed by atoms with E-state index in [1.165, 1.54) is 10.6 Å². The van der Waals surface area contributed by atoms with Gasteiger partial charge in [0.25, 0.3) is 5.91 Å². The number of aromatic nitrogens is 2. The molecule has 1 aliphatic rings. The maximum absolute atomic E-state index is 12.4. The molecule has 3 rings (SSSR count). The Bertz CT molecular complexity index is 846. The summed E-state index contributed by atoms with van der Waals surface area (Å²) in [6, 6.07) is 5.10. The van der Waals surface area contributed by atoms with Gasteiger partial charge < -0.3 is 9.88 Å². The van der Waals surface area contributed by atoms with Crippen molar-refractivity contribution in [3.8, 4) is 0 Å². The number of sulfonamides is 1. The highest BCUT2D eigenvalue weighted by Gasteiger charge is 2.26. The minimum Gasteiger partial charge on any atom is -0.348 e. The Hall–Kier alpha value is -2.35. The second-order valence-electron chi connectivity index (χ2n) is 6.06. The van der Waals surface area contributed by atoms with Gasteiger partial charge in [0.05, 0.1) is 18.3 Å². The molecule has 0 unspecified atom stereocenters. The largest absolute Gasteiger partial charge is 0.348 e. The summed E-state index contributed by atoms with van der Waals surface area (Å²) >= 11 is 0. The first-order chi connectivity index (χ1) is 11.3. The molecule has 1 aromatic heterocycles. The molecule has 1 amide bonds. The number of benzene rings is 1. The van der Waals surface area contributed by atoms with Gasteiger partial charge in [-0.2, -0.15) is 0 Å². The average Bonchev–Trinajstić information content (AvgIpc) is 3.14. The number of carbonyl (C=O) groups is 1. The number of nitrogens with one attached hydrogen (secondary N) is 1. The molecule has 7 nitrogen and oxygen atoms in total. The van der Waals surface area contributed by atoms with E-state index in [1.807, 2.05) is 17.7 Å². The number of hydrogen-bond acceptors (Lipinski definition) is 4. The van der Waals surface area contributed by atoms with E-state index in [9.17, 15) is 13.2 Å². The van der Waals surface area contributed by atoms with Crippen LogP contribution in [0, 0.1) is 0 Å². The van der Waals surface area contributed by atoms with E-state index in [0.717, 1.165) is 5.56 Å². The highest BCUT2D eigenvalue weighted by Crippen LogP contribution is 2.30. The Morgan fingerprint density at radius 1 is 1.42 bits per heavy atom. The predicted octanol–water partition coefficient (Wildman–Crippen LogP) is 1.02. The first-order valence-corrected chi connectivity index (χ1v) is 9.56. The van der Waals surface area contributed by atoms with E-state index in [0.29, 0.717) is 30.8 Å². The molecule has 0 saturated carbocycles. The third kappa shape index (κ3) is 3.43. The van der Waals surface area contributed by atoms with Crippen molar-refractivity contribution >= 4 is 21.6 Å². The number of nitrogens with zero attached hydrogens (tertiary/aromatic N) is 3. The molecule has 0 saturated heterocycles. The summed E-state index contributed by atoms with van der Waals surface area (Å²) in [7, 11) is -3.27. The number of carbonyl (C=O) groups excluding carboxylic acids is 1. The Morgan fingerprint density at radius 3 is 2.88 bits per heavy atom. The zero-order valence-electron chi connectivity index (χ0n) is 13.6. The zero-order chi connectivity index (χ0) is 17.3. The molecule has 0 bridgehead atoms. The number of imidazole rings is 1. The summed E-state index contributed by atoms with van der Waals surface area (Å²) in [4.78, 5) is 16.4. The summed E-state index contributed by atoms with van der Waals surface area (Å²) in [5.41, 5.74) is 2.09. The SMILES string of the molecule is C[C@H](Cn1ccnc1)NC(=O)c1ccc2c(c1)CCN2S(C)(=O)=O. The molecule has 2 heterocycles. The maximum atomic E-state index is 12.4. The van der Waals surface area contributed by atoms with Crippen LogP contribution in [0.5, 0.6) is 0 Å². The summed E-state index contributed by atoms with van der Waals surface area (Å²) in [6.45, 7) is 2.99. The zero-order valence-corrected chi connectivity index (χ0v) is 14.5. The van der Waals surface area contributed by atoms with Crippen molar-refractivity contribution in [1.82, 2.24) is 14.9 Å². The lowest BCUT2D eigenvalue weighted by Crippen LogP contribution is -2.35. The molecule has 0 radical (unpaired) electrons. The van der Waals surface area contributed by atoms with Gasteiger partial charge in [-0.1, -0.05) is 0 Å². The van der Waals surface area contributed by atoms with E-state index in [-0.39, 0.29) is 11.9 Å². The summed E-state index contributed by atoms with van der Waals surface area (Å²) in [5.74, 6) is -0.164. The van der Waals surface area contributed by atoms with Gasteiger partial charge in [-0.05, 0) is 37.1 Å². The van der Waals surface area contributed by atoms with Crippen LogP contribution in [0.1, 0.15) is 22.8 Å². The van der Waals surface area contributed by atoms with Crippen molar-refractivity contribution in [2.45, 2.75) is 25.9 Å². The Morgan fingerprint density at radius 2 is 2.21 bits per heavy atom. The third-order valence-corrected chi connectivity index (χ3v) is 5.20. The second-order valence-corrected chi connectivity index (χ2v) is 7.97. The first-order valence-electron chi connectivity index (χ1n) is 7.72. The summed E-state index contributed by atoms with van der Waals surface area (Å²) in [6.07, 6.45) is 7.06. The average molecular weight is 348 g/mol. The van der Waals surface area contributed by atoms with Crippen molar-refractivity contribution in [2.75, 3.05) is 17.1 Å². The number of fused-ring (bicyclic) bond motifs is 1. The predicted molar refractivity (Wildman–Crippen MR) is 91.5 cm³/mol. The summed E-state index contributed by atoms with van der Waals surface area (Å²) in [5, 5.41) is 2.95. The number of amides is 1. The molecule has 0 aliphatic carbocycles. The molecule has 0 fully saturated rings. The van der Waals surface area contributed by atoms with E-state index < -0.39 is 10.0 Å². The summed E-state index contributed by atoms with van der Waals surface area (Å²) < 4.78 is 26.8. The molecule has 128 valence electrons. The smallest absolute Gasteiger partial charge is 0.251 e. The van der Waals surface area contributed by atoms with Crippen LogP contribution in [0.15, 0.2) is 36.9 Å². The van der Waals surface area contributed by atoms with Gasteiger partial charge in [-0.3, -0.25) is 9.10 Å². The van der Waals surface area contributed by atoms with E-state index in [2.05, 4.69) is 10.3 Å². The Kier molecular flexibility index (Phi) is 4.31. The minimum atomic E-state index is -3.27. The van der Waals surface area contributed by atoms with E-state index in [4.69, 9.17) is 0 Å². The number of hydrogen-bond donors (Lipinski definition) is 1. The van der Waals surface area contributed by atoms with Gasteiger partial charge in [-0.15, -0.1) is 0 Å². The second kappa shape index (κ2) is 6.27. The van der Waals surface area contributed by atoms with Crippen LogP contribution in [0.4, 0.5) is 5.69 Å². The molecule has 1 aliphatic heterocycles. The van der Waals surface area contributed by atoms with Gasteiger partial charge in [0, 0.05) is 37.1 Å². The lowest BCUT2D eigenvalue weighted by Gasteiger charge is -2.17. The molecule has 1 atom stereocenters. The van der Waals surface area contributed by atoms with E-state index in [1.54, 1.807) is 30.7 Å². The fourth-order valence-electron chi connectivity index (χ4n) is 2.92. The van der Waals surface area contributed by atoms with Gasteiger partial charge in [-0.25, -0.2) is 13.4 Å². The first kappa shape index (κ1) is 16.5. The van der Waals surface area contributed by atoms with Crippen molar-refractivity contribution in [3.05, 3.63) is 48.0 Å². The molecular formula is C16H20N4O3S. The highest BCUT2D eigenvalue weighted by molar-refractivity contribution is 7.92. The lowest BCUT2D eigenvalue weighted by atomic mass is 10.1. The minimum absolute atomic E-state index is 0.0486. The molecule has 1 N–H and O–H groups in total. The molecular weight excluding hydrogens is 328 g/mol. The van der Waals surface area contributed by atoms with Gasteiger partial charge in [0.2, 0.25) is 10.0 Å². The van der Waals surface area contributed by atoms with E-state index >= 15 is 0 Å². The monoisotopic (exact) mass is 348 g/mol. The third-order valence-electron chi connectivity index (χ3n) is 4.02. The quantitative estimate of drug-likeness (QED) is 0.874. The van der Waals surface area contributed by atoms with Gasteiger partial charge >= 0.3 is 0 Å². The maximum Gasteiger partial charge on any atom is 0.251 e. The van der Waals surface area contributed by atoms with Crippen LogP contribution in [0.3, 0.4) is 0 Å². The molecule has 0 spiro atoms. The molecule has 2 aromatic rings. The van der Waals surface area contributed by atoms with Crippen LogP contribution in [-0.4, -0.2) is 42.7 Å². The normalized spacial score (nSPS) is 15.2. The standard InChI is InChI=1S/C16H20N4O3S/c1-12(10-19-8-6-17-11-19)18-16(21)14-3-4-15-13(9-14)5-7-20(15)24(2,22)23/h3-4,6,8-9,11-12H,5,7,10H2,1-2H3,(H,18,21)/t12-/m1/s1. The Labute approximate surface area is 141 Å². The Balaban J connectivity index is 1.71. The van der Waals surface area contributed by atoms with Crippen LogP contribution in [0.25, 0.3) is 0 Å². The number of rotatable bonds is 5. The van der Waals surface area contributed by atoms with Crippen LogP contribution < -0.4 is 9.62 Å². The van der Waals surface area contributed by atoms with Crippen molar-refractivity contribution in [1.29, 1.82) is 0 Å². The highest BCUT2D eigenvalue weighted by atomic mass is 32.2. The van der Waals surface area contributed by atoms with Crippen LogP contribution in [0.2, 0.25) is 0 Å². The number of anilines is 1. The molecule has 8 heteroatoms. The van der Waals surface area contributed by atoms with Crippen LogP contribution >= 0.6 is 0 Å². The fraction of sp³-hybridized carbons (Fsp3) is 0.375. The molecule has 24 heavy (non-hydrogen) atoms. The van der Waals surface area contributed by atoms with Gasteiger partial charge in [0.1, 0.15) is 0 Å².